The molecule has 0 fully saturated rings. The highest BCUT2D eigenvalue weighted by molar-refractivity contribution is 7.99. The number of benzene rings is 1. The number of imidazole rings is 1. The van der Waals surface area contributed by atoms with Crippen molar-refractivity contribution in [3.05, 3.63) is 50.1 Å². The van der Waals surface area contributed by atoms with E-state index in [0.29, 0.717) is 10.8 Å². The molecule has 12 heteroatoms. The standard InChI is InChI=1S/C18H19ClN4O6S/c1-21-15-14(16(27)22(2)18(21)28)23(17(20-15)30-9-13(25)26)7-11(24)8-29-12-5-3-10(19)4-6-12/h3-6,11,24H,7-9H2,1-2H3,(H,25,26). The number of halogens is 1. The number of thioether (sulfide) groups is 1. The molecule has 30 heavy (non-hydrogen) atoms. The predicted molar refractivity (Wildman–Crippen MR) is 112 cm³/mol. The Kier molecular flexibility index (Phi) is 6.54. The minimum Gasteiger partial charge on any atom is -0.491 e. The van der Waals surface area contributed by atoms with Crippen molar-refractivity contribution in [2.75, 3.05) is 12.4 Å². The van der Waals surface area contributed by atoms with Crippen molar-refractivity contribution in [1.82, 2.24) is 18.7 Å². The Hall–Kier alpha value is -2.76. The SMILES string of the molecule is Cn1c(=O)c2c(nc(SCC(=O)O)n2CC(O)COc2ccc(Cl)cc2)n(C)c1=O. The van der Waals surface area contributed by atoms with Gasteiger partial charge in [0, 0.05) is 19.1 Å². The Balaban J connectivity index is 1.94. The molecule has 160 valence electrons. The maximum absolute atomic E-state index is 12.7. The minimum atomic E-state index is -1.06. The molecule has 0 amide bonds. The van der Waals surface area contributed by atoms with E-state index in [0.717, 1.165) is 16.3 Å². The molecule has 0 spiro atoms. The lowest BCUT2D eigenvalue weighted by molar-refractivity contribution is -0.133. The summed E-state index contributed by atoms with van der Waals surface area (Å²) < 4.78 is 9.09. The van der Waals surface area contributed by atoms with E-state index in [4.69, 9.17) is 21.4 Å². The van der Waals surface area contributed by atoms with Gasteiger partial charge in [0.05, 0.1) is 12.3 Å². The molecule has 1 atom stereocenters. The van der Waals surface area contributed by atoms with Crippen LogP contribution in [0, 0.1) is 0 Å². The molecule has 3 aromatic rings. The number of aromatic nitrogens is 4. The predicted octanol–water partition coefficient (Wildman–Crippen LogP) is 0.704. The molecule has 0 aliphatic carbocycles. The molecule has 0 radical (unpaired) electrons. The minimum absolute atomic E-state index is 0.0838. The van der Waals surface area contributed by atoms with Gasteiger partial charge in [0.1, 0.15) is 18.5 Å². The van der Waals surface area contributed by atoms with Crippen LogP contribution in [0.15, 0.2) is 39.0 Å². The van der Waals surface area contributed by atoms with Gasteiger partial charge in [0.25, 0.3) is 5.56 Å². The Morgan fingerprint density at radius 3 is 2.53 bits per heavy atom. The number of nitrogens with zero attached hydrogens (tertiary/aromatic N) is 4. The highest BCUT2D eigenvalue weighted by atomic mass is 35.5. The van der Waals surface area contributed by atoms with Crippen molar-refractivity contribution in [2.45, 2.75) is 17.8 Å². The first-order valence-corrected chi connectivity index (χ1v) is 10.1. The summed E-state index contributed by atoms with van der Waals surface area (Å²) in [4.78, 5) is 40.2. The van der Waals surface area contributed by atoms with Gasteiger partial charge >= 0.3 is 11.7 Å². The zero-order chi connectivity index (χ0) is 22.0. The number of carbonyl (C=O) groups is 1. The molecule has 0 saturated carbocycles. The van der Waals surface area contributed by atoms with Crippen LogP contribution in [0.4, 0.5) is 0 Å². The number of fused-ring (bicyclic) bond motifs is 1. The monoisotopic (exact) mass is 454 g/mol. The first-order chi connectivity index (χ1) is 14.2. The average molecular weight is 455 g/mol. The number of aliphatic hydroxyl groups excluding tert-OH is 1. The van der Waals surface area contributed by atoms with E-state index in [9.17, 15) is 19.5 Å². The van der Waals surface area contributed by atoms with E-state index in [-0.39, 0.29) is 35.2 Å². The smallest absolute Gasteiger partial charge is 0.332 e. The third kappa shape index (κ3) is 4.53. The normalized spacial score (nSPS) is 12.3. The largest absolute Gasteiger partial charge is 0.491 e. The van der Waals surface area contributed by atoms with Crippen LogP contribution in [-0.4, -0.2) is 53.3 Å². The highest BCUT2D eigenvalue weighted by Gasteiger charge is 2.22. The van der Waals surface area contributed by atoms with Crippen LogP contribution >= 0.6 is 23.4 Å². The summed E-state index contributed by atoms with van der Waals surface area (Å²) in [5.41, 5.74) is -0.938. The quantitative estimate of drug-likeness (QED) is 0.476. The van der Waals surface area contributed by atoms with E-state index in [1.54, 1.807) is 24.3 Å². The molecule has 0 aliphatic rings. The molecule has 0 bridgehead atoms. The van der Waals surface area contributed by atoms with Crippen LogP contribution < -0.4 is 16.0 Å². The van der Waals surface area contributed by atoms with Gasteiger partial charge < -0.3 is 19.5 Å². The number of hydrogen-bond acceptors (Lipinski definition) is 7. The molecule has 3 rings (SSSR count). The lowest BCUT2D eigenvalue weighted by atomic mass is 10.3. The van der Waals surface area contributed by atoms with Crippen LogP contribution in [0.1, 0.15) is 0 Å². The van der Waals surface area contributed by atoms with E-state index in [2.05, 4.69) is 4.98 Å². The summed E-state index contributed by atoms with van der Waals surface area (Å²) in [6, 6.07) is 6.61. The van der Waals surface area contributed by atoms with Crippen LogP contribution in [0.3, 0.4) is 0 Å². The summed E-state index contributed by atoms with van der Waals surface area (Å²) in [6.45, 7) is -0.171. The topological polar surface area (TPSA) is 129 Å². The van der Waals surface area contributed by atoms with Crippen molar-refractivity contribution < 1.29 is 19.7 Å². The lowest BCUT2D eigenvalue weighted by Crippen LogP contribution is -2.38. The molecule has 0 saturated heterocycles. The van der Waals surface area contributed by atoms with Gasteiger partial charge in [-0.25, -0.2) is 9.78 Å². The molecule has 2 aromatic heterocycles. The van der Waals surface area contributed by atoms with E-state index >= 15 is 0 Å². The van der Waals surface area contributed by atoms with Gasteiger partial charge in [-0.15, -0.1) is 0 Å². The number of aliphatic hydroxyl groups is 1. The van der Waals surface area contributed by atoms with Crippen molar-refractivity contribution in [3.8, 4) is 5.75 Å². The number of aryl methyl sites for hydroxylation is 1. The zero-order valence-corrected chi connectivity index (χ0v) is 17.7. The number of rotatable bonds is 8. The van der Waals surface area contributed by atoms with Crippen LogP contribution in [-0.2, 0) is 25.4 Å². The second kappa shape index (κ2) is 8.94. The highest BCUT2D eigenvalue weighted by Crippen LogP contribution is 2.22. The lowest BCUT2D eigenvalue weighted by Gasteiger charge is -2.15. The average Bonchev–Trinajstić information content (AvgIpc) is 3.07. The van der Waals surface area contributed by atoms with Crippen molar-refractivity contribution >= 4 is 40.5 Å². The van der Waals surface area contributed by atoms with E-state index in [1.807, 2.05) is 0 Å². The maximum Gasteiger partial charge on any atom is 0.332 e. The Labute approximate surface area is 179 Å². The number of ether oxygens (including phenoxy) is 1. The number of aliphatic carboxylic acids is 1. The van der Waals surface area contributed by atoms with Gasteiger partial charge in [-0.05, 0) is 24.3 Å². The number of hydrogen-bond donors (Lipinski definition) is 2. The zero-order valence-electron chi connectivity index (χ0n) is 16.1. The van der Waals surface area contributed by atoms with Gasteiger partial charge in [0.15, 0.2) is 16.3 Å². The van der Waals surface area contributed by atoms with Gasteiger partial charge in [-0.1, -0.05) is 23.4 Å². The Morgan fingerprint density at radius 1 is 1.23 bits per heavy atom. The van der Waals surface area contributed by atoms with Crippen LogP contribution in [0.25, 0.3) is 11.2 Å². The van der Waals surface area contributed by atoms with Crippen molar-refractivity contribution in [1.29, 1.82) is 0 Å². The molecular weight excluding hydrogens is 436 g/mol. The second-order valence-electron chi connectivity index (χ2n) is 6.48. The summed E-state index contributed by atoms with van der Waals surface area (Å²) >= 11 is 6.72. The molecule has 2 N–H and O–H groups in total. The van der Waals surface area contributed by atoms with Gasteiger partial charge in [0.2, 0.25) is 0 Å². The van der Waals surface area contributed by atoms with Crippen LogP contribution in [0.5, 0.6) is 5.75 Å². The van der Waals surface area contributed by atoms with Crippen molar-refractivity contribution in [2.24, 2.45) is 14.1 Å². The third-order valence-corrected chi connectivity index (χ3v) is 5.50. The molecule has 0 aliphatic heterocycles. The number of carboxylic acids is 1. The Bertz CT molecular complexity index is 1200. The maximum atomic E-state index is 12.7. The Morgan fingerprint density at radius 2 is 1.90 bits per heavy atom. The van der Waals surface area contributed by atoms with Crippen molar-refractivity contribution in [3.63, 3.8) is 0 Å². The molecule has 2 heterocycles. The summed E-state index contributed by atoms with van der Waals surface area (Å²) in [6.07, 6.45) is -1.04. The first kappa shape index (κ1) is 21.9. The summed E-state index contributed by atoms with van der Waals surface area (Å²) in [7, 11) is 2.80. The van der Waals surface area contributed by atoms with Crippen LogP contribution in [0.2, 0.25) is 5.02 Å². The van der Waals surface area contributed by atoms with Gasteiger partial charge in [-0.3, -0.25) is 18.7 Å². The summed E-state index contributed by atoms with van der Waals surface area (Å²) in [5, 5.41) is 20.2. The second-order valence-corrected chi connectivity index (χ2v) is 7.86. The number of carboxylic acid groups (broad SMARTS) is 1. The first-order valence-electron chi connectivity index (χ1n) is 8.76. The molecular formula is C18H19ClN4O6S. The molecule has 1 unspecified atom stereocenters. The van der Waals surface area contributed by atoms with Gasteiger partial charge in [-0.2, -0.15) is 0 Å². The molecule has 1 aromatic carbocycles. The fraction of sp³-hybridized carbons (Fsp3) is 0.333. The molecule has 10 nitrogen and oxygen atoms in total. The fourth-order valence-electron chi connectivity index (χ4n) is 2.82. The fourth-order valence-corrected chi connectivity index (χ4v) is 3.67. The summed E-state index contributed by atoms with van der Waals surface area (Å²) in [5.74, 6) is -0.852. The third-order valence-electron chi connectivity index (χ3n) is 4.29. The van der Waals surface area contributed by atoms with E-state index < -0.39 is 23.3 Å². The van der Waals surface area contributed by atoms with E-state index in [1.165, 1.54) is 23.2 Å².